The number of hydrogen-bond acceptors (Lipinski definition) is 6. The Balaban J connectivity index is 1.43. The molecule has 7 heteroatoms. The Morgan fingerprint density at radius 1 is 0.872 bits per heavy atom. The first kappa shape index (κ1) is 24.8. The van der Waals surface area contributed by atoms with Gasteiger partial charge in [-0.25, -0.2) is 4.98 Å². The molecule has 39 heavy (non-hydrogen) atoms. The number of aromatic nitrogens is 2. The minimum atomic E-state index is 0.0556. The zero-order valence-corrected chi connectivity index (χ0v) is 21.9. The smallest absolute Gasteiger partial charge is 0.150 e. The highest BCUT2D eigenvalue weighted by atomic mass is 32.2. The molecule has 3 heterocycles. The van der Waals surface area contributed by atoms with Crippen molar-refractivity contribution in [1.82, 2.24) is 8.96 Å². The lowest BCUT2D eigenvalue weighted by Crippen LogP contribution is -2.26. The molecule has 5 aromatic rings. The van der Waals surface area contributed by atoms with Crippen LogP contribution in [0.25, 0.3) is 33.3 Å². The van der Waals surface area contributed by atoms with Crippen LogP contribution in [0, 0.1) is 22.7 Å². The van der Waals surface area contributed by atoms with Crippen molar-refractivity contribution in [2.75, 3.05) is 13.2 Å². The Labute approximate surface area is 231 Å². The van der Waals surface area contributed by atoms with Crippen molar-refractivity contribution in [3.63, 3.8) is 0 Å². The highest BCUT2D eigenvalue weighted by Gasteiger charge is 2.19. The molecule has 1 saturated heterocycles. The summed E-state index contributed by atoms with van der Waals surface area (Å²) in [6.45, 7) is 1.36. The molecule has 1 fully saturated rings. The normalized spacial score (nSPS) is 13.6. The van der Waals surface area contributed by atoms with E-state index in [1.165, 1.54) is 0 Å². The van der Waals surface area contributed by atoms with Gasteiger partial charge in [-0.2, -0.15) is 10.5 Å². The maximum atomic E-state index is 9.97. The third-order valence-corrected chi connectivity index (χ3v) is 7.74. The van der Waals surface area contributed by atoms with Gasteiger partial charge in [0.25, 0.3) is 0 Å². The molecule has 2 aromatic heterocycles. The fourth-order valence-electron chi connectivity index (χ4n) is 4.73. The van der Waals surface area contributed by atoms with Gasteiger partial charge in [-0.1, -0.05) is 36.4 Å². The summed E-state index contributed by atoms with van der Waals surface area (Å²) in [5.41, 5.74) is 5.79. The van der Waals surface area contributed by atoms with Crippen LogP contribution >= 0.6 is 11.9 Å². The van der Waals surface area contributed by atoms with Gasteiger partial charge in [-0.3, -0.25) is 3.97 Å². The summed E-state index contributed by atoms with van der Waals surface area (Å²) in [5.74, 6) is 0.604. The lowest BCUT2D eigenvalue weighted by Gasteiger charge is -2.23. The molecular formula is C32H24N4O2S. The fraction of sp³-hybridized carbons (Fsp3) is 0.156. The lowest BCUT2D eigenvalue weighted by molar-refractivity contribution is 0.0254. The first-order valence-electron chi connectivity index (χ1n) is 12.8. The van der Waals surface area contributed by atoms with E-state index in [9.17, 15) is 10.5 Å². The molecule has 0 N–H and O–H groups in total. The van der Waals surface area contributed by atoms with E-state index in [4.69, 9.17) is 14.5 Å². The van der Waals surface area contributed by atoms with Crippen molar-refractivity contribution in [1.29, 1.82) is 10.5 Å². The van der Waals surface area contributed by atoms with Crippen molar-refractivity contribution in [3.05, 3.63) is 102 Å². The number of fused-ring (bicyclic) bond motifs is 1. The molecule has 190 valence electrons. The molecule has 0 atom stereocenters. The van der Waals surface area contributed by atoms with Crippen LogP contribution in [0.4, 0.5) is 0 Å². The largest absolute Gasteiger partial charge is 0.489 e. The number of hydrogen-bond donors (Lipinski definition) is 0. The number of rotatable bonds is 6. The van der Waals surface area contributed by atoms with Crippen molar-refractivity contribution in [2.24, 2.45) is 0 Å². The molecule has 0 unspecified atom stereocenters. The summed E-state index contributed by atoms with van der Waals surface area (Å²) in [5, 5.41) is 20.1. The molecule has 1 aliphatic heterocycles. The number of ether oxygens (including phenoxy) is 2. The molecule has 0 amide bonds. The first-order valence-corrected chi connectivity index (χ1v) is 13.5. The van der Waals surface area contributed by atoms with Crippen LogP contribution in [0.5, 0.6) is 5.75 Å². The second-order valence-corrected chi connectivity index (χ2v) is 10.4. The van der Waals surface area contributed by atoms with Crippen LogP contribution in [0.1, 0.15) is 24.0 Å². The quantitative estimate of drug-likeness (QED) is 0.231. The third kappa shape index (κ3) is 5.24. The second kappa shape index (κ2) is 11.0. The summed E-state index contributed by atoms with van der Waals surface area (Å²) in [6.07, 6.45) is 5.63. The zero-order valence-electron chi connectivity index (χ0n) is 21.1. The minimum Gasteiger partial charge on any atom is -0.489 e. The number of benzene rings is 3. The second-order valence-electron chi connectivity index (χ2n) is 9.31. The summed E-state index contributed by atoms with van der Waals surface area (Å²) in [4.78, 5) is 5.95. The monoisotopic (exact) mass is 528 g/mol. The van der Waals surface area contributed by atoms with Crippen LogP contribution in [0.3, 0.4) is 0 Å². The van der Waals surface area contributed by atoms with E-state index < -0.39 is 0 Å². The third-order valence-electron chi connectivity index (χ3n) is 6.78. The molecule has 0 radical (unpaired) electrons. The highest BCUT2D eigenvalue weighted by Crippen LogP contribution is 2.38. The average molecular weight is 529 g/mol. The van der Waals surface area contributed by atoms with Crippen molar-refractivity contribution < 1.29 is 9.47 Å². The van der Waals surface area contributed by atoms with Crippen LogP contribution in [-0.4, -0.2) is 28.3 Å². The number of nitriles is 2. The van der Waals surface area contributed by atoms with E-state index in [0.717, 1.165) is 51.0 Å². The summed E-state index contributed by atoms with van der Waals surface area (Å²) in [6, 6.07) is 30.1. The van der Waals surface area contributed by atoms with E-state index >= 15 is 0 Å². The van der Waals surface area contributed by atoms with Crippen LogP contribution in [0.15, 0.2) is 96.2 Å². The van der Waals surface area contributed by atoms with Gasteiger partial charge >= 0.3 is 0 Å². The molecule has 0 bridgehead atoms. The standard InChI is InChI=1S/C32H24N4O2S/c33-18-22-6-8-23(9-7-22)26-17-29-30(21-36(32(29)35-20-26)39-28-4-2-1-3-5-28)24-10-11-31(25(16-24)19-34)38-27-12-14-37-15-13-27/h1-11,16-17,20-21,27H,12-15H2. The molecular weight excluding hydrogens is 504 g/mol. The molecule has 1 aliphatic rings. The Morgan fingerprint density at radius 2 is 1.64 bits per heavy atom. The van der Waals surface area contributed by atoms with Crippen LogP contribution in [0.2, 0.25) is 0 Å². The van der Waals surface area contributed by atoms with Gasteiger partial charge in [0.15, 0.2) is 5.65 Å². The summed E-state index contributed by atoms with van der Waals surface area (Å²) < 4.78 is 13.7. The van der Waals surface area contributed by atoms with Gasteiger partial charge < -0.3 is 9.47 Å². The van der Waals surface area contributed by atoms with Crippen LogP contribution in [-0.2, 0) is 4.74 Å². The Morgan fingerprint density at radius 3 is 2.38 bits per heavy atom. The summed E-state index contributed by atoms with van der Waals surface area (Å²) >= 11 is 1.59. The van der Waals surface area contributed by atoms with E-state index in [-0.39, 0.29) is 6.10 Å². The molecule has 0 aliphatic carbocycles. The van der Waals surface area contributed by atoms with E-state index in [1.807, 2.05) is 66.9 Å². The number of pyridine rings is 1. The van der Waals surface area contributed by atoms with Crippen molar-refractivity contribution in [2.45, 2.75) is 23.8 Å². The molecule has 6 rings (SSSR count). The van der Waals surface area contributed by atoms with E-state index in [2.05, 4.69) is 40.5 Å². The number of nitrogens with zero attached hydrogens (tertiary/aromatic N) is 4. The molecule has 0 spiro atoms. The molecule has 0 saturated carbocycles. The molecule has 3 aromatic carbocycles. The van der Waals surface area contributed by atoms with Crippen molar-refractivity contribution >= 4 is 23.0 Å². The predicted octanol–water partition coefficient (Wildman–Crippen LogP) is 7.23. The maximum absolute atomic E-state index is 9.97. The average Bonchev–Trinajstić information content (AvgIpc) is 3.36. The fourth-order valence-corrected chi connectivity index (χ4v) is 5.63. The highest BCUT2D eigenvalue weighted by molar-refractivity contribution is 7.98. The van der Waals surface area contributed by atoms with Gasteiger partial charge in [0.05, 0.1) is 30.4 Å². The van der Waals surface area contributed by atoms with E-state index in [1.54, 1.807) is 11.9 Å². The Bertz CT molecular complexity index is 1710. The maximum Gasteiger partial charge on any atom is 0.150 e. The summed E-state index contributed by atoms with van der Waals surface area (Å²) in [7, 11) is 0. The Kier molecular flexibility index (Phi) is 7.01. The molecule has 6 nitrogen and oxygen atoms in total. The van der Waals surface area contributed by atoms with Gasteiger partial charge in [-0.05, 0) is 65.5 Å². The minimum absolute atomic E-state index is 0.0556. The topological polar surface area (TPSA) is 83.9 Å². The van der Waals surface area contributed by atoms with Gasteiger partial charge in [0.2, 0.25) is 0 Å². The SMILES string of the molecule is N#Cc1ccc(-c2cnc3c(c2)c(-c2ccc(OC4CCOCC4)c(C#N)c2)cn3Sc2ccccc2)cc1. The predicted molar refractivity (Wildman–Crippen MR) is 152 cm³/mol. The van der Waals surface area contributed by atoms with Crippen LogP contribution < -0.4 is 4.74 Å². The van der Waals surface area contributed by atoms with Gasteiger partial charge in [0.1, 0.15) is 17.9 Å². The first-order chi connectivity index (χ1) is 19.2. The van der Waals surface area contributed by atoms with Gasteiger partial charge in [0, 0.05) is 46.6 Å². The van der Waals surface area contributed by atoms with E-state index in [0.29, 0.717) is 30.1 Å². The van der Waals surface area contributed by atoms with Crippen molar-refractivity contribution in [3.8, 4) is 40.1 Å². The lowest BCUT2D eigenvalue weighted by atomic mass is 10.00. The van der Waals surface area contributed by atoms with Gasteiger partial charge in [-0.15, -0.1) is 0 Å². The Hall–Kier alpha value is -4.56. The zero-order chi connectivity index (χ0) is 26.6.